The van der Waals surface area contributed by atoms with E-state index in [1.807, 2.05) is 0 Å². The van der Waals surface area contributed by atoms with E-state index in [-0.39, 0.29) is 110 Å². The van der Waals surface area contributed by atoms with E-state index in [1.165, 1.54) is 0 Å². The first kappa shape index (κ1) is 35.5. The molecule has 19 atom stereocenters. The number of Topliss-reactive ketones (excluding diaryl/α,β-unsaturated/α-hetero) is 1. The van der Waals surface area contributed by atoms with Gasteiger partial charge >= 0.3 is 0 Å². The van der Waals surface area contributed by atoms with Crippen LogP contribution in [0.15, 0.2) is 24.3 Å². The molecule has 1 unspecified atom stereocenters. The molecule has 11 nitrogen and oxygen atoms in total. The average molecular weight is 714 g/mol. The molecule has 51 heavy (non-hydrogen) atoms. The number of hydrogen-bond acceptors (Lipinski definition) is 11. The summed E-state index contributed by atoms with van der Waals surface area (Å²) in [6, 6.07) is 0. The van der Waals surface area contributed by atoms with Gasteiger partial charge in [0.25, 0.3) is 0 Å². The fourth-order valence-corrected chi connectivity index (χ4v) is 11.3. The van der Waals surface area contributed by atoms with E-state index in [2.05, 4.69) is 27.0 Å². The van der Waals surface area contributed by atoms with E-state index >= 15 is 0 Å². The van der Waals surface area contributed by atoms with Crippen molar-refractivity contribution in [3.05, 3.63) is 24.3 Å². The van der Waals surface area contributed by atoms with Crippen LogP contribution < -0.4 is 5.73 Å². The zero-order valence-electron chi connectivity index (χ0n) is 30.4. The number of rotatable bonds is 3. The van der Waals surface area contributed by atoms with Gasteiger partial charge in [-0.15, -0.1) is 0 Å². The summed E-state index contributed by atoms with van der Waals surface area (Å²) in [4.78, 5) is 14.0. The zero-order valence-corrected chi connectivity index (χ0v) is 30.4. The van der Waals surface area contributed by atoms with E-state index in [0.717, 1.165) is 56.1 Å². The third kappa shape index (κ3) is 6.53. The van der Waals surface area contributed by atoms with Crippen molar-refractivity contribution in [3.63, 3.8) is 0 Å². The molecule has 10 heterocycles. The van der Waals surface area contributed by atoms with Crippen LogP contribution in [-0.2, 0) is 42.7 Å². The Hall–Kier alpha value is -1.25. The Morgan fingerprint density at radius 1 is 0.765 bits per heavy atom. The lowest BCUT2D eigenvalue weighted by molar-refractivity contribution is -0.292. The summed E-state index contributed by atoms with van der Waals surface area (Å²) < 4.78 is 54.0. The van der Waals surface area contributed by atoms with Crippen molar-refractivity contribution in [2.24, 2.45) is 23.5 Å². The highest BCUT2D eigenvalue weighted by molar-refractivity contribution is 5.79. The summed E-state index contributed by atoms with van der Waals surface area (Å²) in [5.74, 6) is -0.222. The van der Waals surface area contributed by atoms with Gasteiger partial charge in [0.05, 0.1) is 61.0 Å². The molecule has 11 heteroatoms. The summed E-state index contributed by atoms with van der Waals surface area (Å²) in [6.07, 6.45) is 6.43. The highest BCUT2D eigenvalue weighted by Gasteiger charge is 2.68. The van der Waals surface area contributed by atoms with Crippen LogP contribution >= 0.6 is 0 Å². The van der Waals surface area contributed by atoms with Crippen molar-refractivity contribution >= 4 is 5.78 Å². The molecular formula is C40H59NO10. The Morgan fingerprint density at radius 3 is 2.35 bits per heavy atom. The number of fused-ring (bicyclic) bond motifs is 6. The number of ketones is 1. The number of aliphatic hydroxyl groups excluding tert-OH is 1. The van der Waals surface area contributed by atoms with Crippen LogP contribution in [-0.4, -0.2) is 115 Å². The Labute approximate surface area is 302 Å². The first-order valence-corrected chi connectivity index (χ1v) is 20.1. The molecule has 10 aliphatic heterocycles. The summed E-state index contributed by atoms with van der Waals surface area (Å²) in [5, 5.41) is 10.5. The fourth-order valence-electron chi connectivity index (χ4n) is 11.3. The van der Waals surface area contributed by atoms with Crippen molar-refractivity contribution in [3.8, 4) is 0 Å². The minimum Gasteiger partial charge on any atom is -0.392 e. The predicted molar refractivity (Wildman–Crippen MR) is 185 cm³/mol. The Balaban J connectivity index is 0.986. The Kier molecular flexibility index (Phi) is 9.59. The number of carbonyl (C=O) groups is 1. The monoisotopic (exact) mass is 713 g/mol. The van der Waals surface area contributed by atoms with Gasteiger partial charge in [-0.25, -0.2) is 0 Å². The third-order valence-corrected chi connectivity index (χ3v) is 14.2. The Morgan fingerprint density at radius 2 is 1.51 bits per heavy atom. The molecule has 284 valence electrons. The lowest BCUT2D eigenvalue weighted by Crippen LogP contribution is -2.61. The third-order valence-electron chi connectivity index (χ3n) is 14.2. The minimum atomic E-state index is -0.765. The molecule has 0 amide bonds. The molecule has 10 fully saturated rings. The predicted octanol–water partition coefficient (Wildman–Crippen LogP) is 4.06. The molecule has 0 saturated carbocycles. The van der Waals surface area contributed by atoms with Gasteiger partial charge in [0.1, 0.15) is 36.3 Å². The highest BCUT2D eigenvalue weighted by Crippen LogP contribution is 2.54. The lowest BCUT2D eigenvalue weighted by Gasteiger charge is -2.47. The van der Waals surface area contributed by atoms with Gasteiger partial charge in [-0.3, -0.25) is 4.79 Å². The zero-order chi connectivity index (χ0) is 35.2. The maximum atomic E-state index is 14.0. The average Bonchev–Trinajstić information content (AvgIpc) is 3.77. The molecule has 3 N–H and O–H groups in total. The molecule has 0 aliphatic carbocycles. The fraction of sp³-hybridized carbons (Fsp3) is 0.875. The molecule has 1 spiro atoms. The van der Waals surface area contributed by atoms with Crippen molar-refractivity contribution in [1.82, 2.24) is 0 Å². The molecular weight excluding hydrogens is 654 g/mol. The lowest BCUT2D eigenvalue weighted by atomic mass is 9.78. The van der Waals surface area contributed by atoms with Gasteiger partial charge in [-0.2, -0.15) is 0 Å². The number of ether oxygens (including phenoxy) is 8. The summed E-state index contributed by atoms with van der Waals surface area (Å²) in [7, 11) is 0. The van der Waals surface area contributed by atoms with Gasteiger partial charge in [0, 0.05) is 45.1 Å². The minimum absolute atomic E-state index is 0.00127. The molecule has 0 radical (unpaired) electrons. The molecule has 10 saturated heterocycles. The quantitative estimate of drug-likeness (QED) is 0.410. The smallest absolute Gasteiger partial charge is 0.172 e. The topological polar surface area (TPSA) is 137 Å². The van der Waals surface area contributed by atoms with Crippen LogP contribution in [0.3, 0.4) is 0 Å². The molecule has 0 aromatic heterocycles. The second kappa shape index (κ2) is 13.8. The number of hydrogen-bond donors (Lipinski definition) is 2. The van der Waals surface area contributed by atoms with Gasteiger partial charge in [0.15, 0.2) is 5.79 Å². The van der Waals surface area contributed by atoms with Gasteiger partial charge < -0.3 is 48.7 Å². The van der Waals surface area contributed by atoms with Crippen LogP contribution in [0, 0.1) is 17.8 Å². The number of carbonyl (C=O) groups excluding carboxylic acids is 1. The molecule has 0 aromatic rings. The van der Waals surface area contributed by atoms with Crippen molar-refractivity contribution < 1.29 is 47.8 Å². The van der Waals surface area contributed by atoms with E-state index in [0.29, 0.717) is 44.4 Å². The van der Waals surface area contributed by atoms with Crippen LogP contribution in [0.5, 0.6) is 0 Å². The van der Waals surface area contributed by atoms with Crippen LogP contribution in [0.2, 0.25) is 0 Å². The standard InChI is InChI=1S/C40H59NO10/c1-19-11-25-5-7-29-20(2)12-27(44-29)9-10-40-17-34-36(50-40)37-38(49-34)39(51-40)35-30(48-37)8-6-26(46-35)13-23(42)14-28-22(4)31(15-24(43)18-41)47-33(28)16-32(45-25)21(19)3/h19,22,24-39,43H,2-3,5-18,41H2,1,4H3/t19-,22-,24+,25+,26-,27+,28-,29+,30+,31-,32?,33+,34-,35+,36+,37+,38-,39+,40+/m1/s1. The summed E-state index contributed by atoms with van der Waals surface area (Å²) in [6.45, 7) is 13.5. The normalized spacial score (nSPS) is 53.2. The van der Waals surface area contributed by atoms with Crippen LogP contribution in [0.4, 0.5) is 0 Å². The van der Waals surface area contributed by atoms with Crippen LogP contribution in [0.25, 0.3) is 0 Å². The van der Waals surface area contributed by atoms with Gasteiger partial charge in [0.2, 0.25) is 0 Å². The second-order valence-corrected chi connectivity index (χ2v) is 17.6. The number of nitrogens with two attached hydrogens (primary N) is 1. The van der Waals surface area contributed by atoms with Crippen LogP contribution in [0.1, 0.15) is 97.3 Å². The van der Waals surface area contributed by atoms with Gasteiger partial charge in [-0.1, -0.05) is 27.0 Å². The first-order valence-electron chi connectivity index (χ1n) is 20.1. The number of aliphatic hydroxyl groups is 1. The van der Waals surface area contributed by atoms with Crippen molar-refractivity contribution in [2.75, 3.05) is 6.54 Å². The summed E-state index contributed by atoms with van der Waals surface area (Å²) >= 11 is 0. The largest absolute Gasteiger partial charge is 0.392 e. The maximum Gasteiger partial charge on any atom is 0.172 e. The maximum absolute atomic E-state index is 14.0. The molecule has 12 bridgehead atoms. The van der Waals surface area contributed by atoms with E-state index < -0.39 is 11.9 Å². The second-order valence-electron chi connectivity index (χ2n) is 17.6. The highest BCUT2D eigenvalue weighted by atomic mass is 16.8. The van der Waals surface area contributed by atoms with E-state index in [4.69, 9.17) is 43.6 Å². The molecule has 10 aliphatic rings. The SMILES string of the molecule is C=C1C2C[C@@H]3O[C@H](C[C@H](O)CN)[C@H](C)[C@H]3CC(=O)C[C@H]3CC[C@@H]4O[C@@H]5[C@H]6O[C@@H]7C[C@](CC[C@H]8CC(=C)[C@H](CC[C@@H](C[C@H]1C)O2)O8)(O[C@H]6[C@H]4O3)O[C@H]57. The first-order chi connectivity index (χ1) is 24.6. The van der Waals surface area contributed by atoms with Crippen molar-refractivity contribution in [1.29, 1.82) is 0 Å². The molecule has 10 rings (SSSR count). The van der Waals surface area contributed by atoms with E-state index in [1.54, 1.807) is 0 Å². The Bertz CT molecular complexity index is 1360. The van der Waals surface area contributed by atoms with Gasteiger partial charge in [-0.05, 0) is 73.8 Å². The van der Waals surface area contributed by atoms with E-state index in [9.17, 15) is 9.90 Å². The van der Waals surface area contributed by atoms with Crippen molar-refractivity contribution in [2.45, 2.75) is 195 Å². The molecule has 0 aromatic carbocycles. The summed E-state index contributed by atoms with van der Waals surface area (Å²) in [5.41, 5.74) is 8.06.